The molecule has 0 saturated heterocycles. The highest BCUT2D eigenvalue weighted by Gasteiger charge is 2.07. The molecule has 3 nitrogen and oxygen atoms in total. The molecule has 1 heterocycles. The molecule has 0 spiro atoms. The molecule has 92 valence electrons. The van der Waals surface area contributed by atoms with Gasteiger partial charge in [-0.2, -0.15) is 0 Å². The number of Topliss-reactive ketones (excluding diaryl/α,β-unsaturated/α-hetero) is 1. The van der Waals surface area contributed by atoms with E-state index in [1.54, 1.807) is 12.3 Å². The highest BCUT2D eigenvalue weighted by atomic mass is 16.1. The molecule has 0 aliphatic rings. The van der Waals surface area contributed by atoms with Crippen molar-refractivity contribution in [2.45, 2.75) is 20.4 Å². The van der Waals surface area contributed by atoms with Crippen molar-refractivity contribution in [3.63, 3.8) is 0 Å². The lowest BCUT2D eigenvalue weighted by molar-refractivity contribution is 0.0970. The van der Waals surface area contributed by atoms with E-state index in [0.717, 1.165) is 11.1 Å². The summed E-state index contributed by atoms with van der Waals surface area (Å²) in [5.41, 5.74) is 2.44. The quantitative estimate of drug-likeness (QED) is 0.774. The fourth-order valence-corrected chi connectivity index (χ4v) is 1.80. The van der Waals surface area contributed by atoms with Gasteiger partial charge in [-0.1, -0.05) is 23.8 Å². The van der Waals surface area contributed by atoms with Crippen LogP contribution in [0.5, 0.6) is 0 Å². The van der Waals surface area contributed by atoms with Gasteiger partial charge in [0.25, 0.3) is 5.56 Å². The van der Waals surface area contributed by atoms with Crippen molar-refractivity contribution in [3.8, 4) is 0 Å². The number of hydrogen-bond acceptors (Lipinski definition) is 2. The standard InChI is InChI=1S/C15H15NO2/c1-11-4-3-5-13(8-11)14(17)10-16-7-6-12(2)9-15(16)18/h3-9H,10H2,1-2H3. The molecule has 1 aromatic carbocycles. The molecule has 18 heavy (non-hydrogen) atoms. The zero-order chi connectivity index (χ0) is 13.1. The van der Waals surface area contributed by atoms with Crippen molar-refractivity contribution < 1.29 is 4.79 Å². The molecule has 0 saturated carbocycles. The Morgan fingerprint density at radius 3 is 2.50 bits per heavy atom. The Balaban J connectivity index is 2.24. The van der Waals surface area contributed by atoms with Crippen LogP contribution in [-0.4, -0.2) is 10.4 Å². The van der Waals surface area contributed by atoms with Crippen LogP contribution in [0.15, 0.2) is 47.4 Å². The van der Waals surface area contributed by atoms with Crippen LogP contribution in [0.4, 0.5) is 0 Å². The minimum absolute atomic E-state index is 0.0512. The van der Waals surface area contributed by atoms with Crippen molar-refractivity contribution in [1.82, 2.24) is 4.57 Å². The lowest BCUT2D eigenvalue weighted by Crippen LogP contribution is -2.23. The molecule has 0 N–H and O–H groups in total. The summed E-state index contributed by atoms with van der Waals surface area (Å²) < 4.78 is 1.43. The number of ketones is 1. The van der Waals surface area contributed by atoms with E-state index in [4.69, 9.17) is 0 Å². The molecule has 1 aromatic heterocycles. The largest absolute Gasteiger partial charge is 0.308 e. The third kappa shape index (κ3) is 2.74. The first-order chi connectivity index (χ1) is 8.56. The van der Waals surface area contributed by atoms with Crippen LogP contribution < -0.4 is 5.56 Å². The number of carbonyl (C=O) groups is 1. The van der Waals surface area contributed by atoms with E-state index in [0.29, 0.717) is 5.56 Å². The summed E-state index contributed by atoms with van der Waals surface area (Å²) in [5.74, 6) is -0.0512. The monoisotopic (exact) mass is 241 g/mol. The Labute approximate surface area is 106 Å². The van der Waals surface area contributed by atoms with Gasteiger partial charge in [-0.25, -0.2) is 0 Å². The molecule has 2 rings (SSSR count). The molecule has 0 radical (unpaired) electrons. The molecule has 0 amide bonds. The van der Waals surface area contributed by atoms with Crippen molar-refractivity contribution in [2.75, 3.05) is 0 Å². The number of pyridine rings is 1. The first-order valence-corrected chi connectivity index (χ1v) is 5.83. The molecule has 0 bridgehead atoms. The van der Waals surface area contributed by atoms with Crippen molar-refractivity contribution in [3.05, 3.63) is 69.6 Å². The van der Waals surface area contributed by atoms with E-state index < -0.39 is 0 Å². The summed E-state index contributed by atoms with van der Waals surface area (Å²) in [6, 6.07) is 10.7. The highest BCUT2D eigenvalue weighted by Crippen LogP contribution is 2.05. The van der Waals surface area contributed by atoms with Gasteiger partial charge < -0.3 is 4.57 Å². The number of rotatable bonds is 3. The van der Waals surface area contributed by atoms with Crippen LogP contribution in [0.2, 0.25) is 0 Å². The smallest absolute Gasteiger partial charge is 0.251 e. The Kier molecular flexibility index (Phi) is 3.42. The second-order valence-electron chi connectivity index (χ2n) is 4.46. The second kappa shape index (κ2) is 5.00. The molecular formula is C15H15NO2. The van der Waals surface area contributed by atoms with E-state index in [2.05, 4.69) is 0 Å². The number of benzene rings is 1. The Morgan fingerprint density at radius 1 is 1.11 bits per heavy atom. The van der Waals surface area contributed by atoms with Crippen LogP contribution in [0.1, 0.15) is 21.5 Å². The van der Waals surface area contributed by atoms with Gasteiger partial charge in [-0.05, 0) is 31.5 Å². The Hall–Kier alpha value is -2.16. The molecule has 0 unspecified atom stereocenters. The molecule has 0 aliphatic carbocycles. The first-order valence-electron chi connectivity index (χ1n) is 5.83. The zero-order valence-corrected chi connectivity index (χ0v) is 10.5. The predicted octanol–water partition coefficient (Wildman–Crippen LogP) is 2.35. The van der Waals surface area contributed by atoms with Gasteiger partial charge in [0.05, 0.1) is 6.54 Å². The van der Waals surface area contributed by atoms with Crippen LogP contribution in [0.3, 0.4) is 0 Å². The van der Waals surface area contributed by atoms with Gasteiger partial charge in [0, 0.05) is 17.8 Å². The van der Waals surface area contributed by atoms with Gasteiger partial charge in [0.2, 0.25) is 0 Å². The number of carbonyl (C=O) groups excluding carboxylic acids is 1. The van der Waals surface area contributed by atoms with Crippen LogP contribution in [0, 0.1) is 13.8 Å². The summed E-state index contributed by atoms with van der Waals surface area (Å²) in [6.45, 7) is 3.88. The average Bonchev–Trinajstić information content (AvgIpc) is 2.32. The number of aromatic nitrogens is 1. The summed E-state index contributed by atoms with van der Waals surface area (Å²) >= 11 is 0. The summed E-state index contributed by atoms with van der Waals surface area (Å²) in [5, 5.41) is 0. The fraction of sp³-hybridized carbons (Fsp3) is 0.200. The molecule has 0 atom stereocenters. The summed E-state index contributed by atoms with van der Waals surface area (Å²) in [4.78, 5) is 23.7. The molecule has 0 fully saturated rings. The number of nitrogens with zero attached hydrogens (tertiary/aromatic N) is 1. The third-order valence-corrected chi connectivity index (χ3v) is 2.81. The summed E-state index contributed by atoms with van der Waals surface area (Å²) in [6.07, 6.45) is 1.66. The topological polar surface area (TPSA) is 39.1 Å². The van der Waals surface area contributed by atoms with E-state index in [-0.39, 0.29) is 17.9 Å². The lowest BCUT2D eigenvalue weighted by Gasteiger charge is -2.05. The predicted molar refractivity (Wildman–Crippen MR) is 70.9 cm³/mol. The normalized spacial score (nSPS) is 10.3. The van der Waals surface area contributed by atoms with E-state index in [1.165, 1.54) is 10.6 Å². The zero-order valence-electron chi connectivity index (χ0n) is 10.5. The molecule has 0 aliphatic heterocycles. The Morgan fingerprint density at radius 2 is 1.83 bits per heavy atom. The number of aryl methyl sites for hydroxylation is 2. The van der Waals surface area contributed by atoms with Crippen molar-refractivity contribution >= 4 is 5.78 Å². The third-order valence-electron chi connectivity index (χ3n) is 2.81. The Bertz CT molecular complexity index is 641. The molecule has 2 aromatic rings. The van der Waals surface area contributed by atoms with Crippen LogP contribution in [-0.2, 0) is 6.54 Å². The van der Waals surface area contributed by atoms with Crippen LogP contribution >= 0.6 is 0 Å². The number of hydrogen-bond donors (Lipinski definition) is 0. The maximum absolute atomic E-state index is 12.0. The van der Waals surface area contributed by atoms with E-state index in [9.17, 15) is 9.59 Å². The maximum atomic E-state index is 12.0. The van der Waals surface area contributed by atoms with Gasteiger partial charge in [0.15, 0.2) is 5.78 Å². The van der Waals surface area contributed by atoms with Gasteiger partial charge in [0.1, 0.15) is 0 Å². The average molecular weight is 241 g/mol. The van der Waals surface area contributed by atoms with Gasteiger partial charge >= 0.3 is 0 Å². The van der Waals surface area contributed by atoms with E-state index >= 15 is 0 Å². The van der Waals surface area contributed by atoms with Crippen LogP contribution in [0.25, 0.3) is 0 Å². The molecule has 3 heteroatoms. The molecular weight excluding hydrogens is 226 g/mol. The first kappa shape index (κ1) is 12.3. The van der Waals surface area contributed by atoms with Gasteiger partial charge in [-0.3, -0.25) is 9.59 Å². The highest BCUT2D eigenvalue weighted by molar-refractivity contribution is 5.96. The lowest BCUT2D eigenvalue weighted by atomic mass is 10.1. The maximum Gasteiger partial charge on any atom is 0.251 e. The summed E-state index contributed by atoms with van der Waals surface area (Å²) in [7, 11) is 0. The fourth-order valence-electron chi connectivity index (χ4n) is 1.80. The van der Waals surface area contributed by atoms with Crippen molar-refractivity contribution in [1.29, 1.82) is 0 Å². The second-order valence-corrected chi connectivity index (χ2v) is 4.46. The minimum Gasteiger partial charge on any atom is -0.308 e. The minimum atomic E-state index is -0.143. The van der Waals surface area contributed by atoms with E-state index in [1.807, 2.05) is 38.1 Å². The van der Waals surface area contributed by atoms with Crippen molar-refractivity contribution in [2.24, 2.45) is 0 Å². The SMILES string of the molecule is Cc1cccc(C(=O)Cn2ccc(C)cc2=O)c1. The van der Waals surface area contributed by atoms with Gasteiger partial charge in [-0.15, -0.1) is 0 Å².